The topological polar surface area (TPSA) is 72.8 Å². The van der Waals surface area contributed by atoms with E-state index in [-0.39, 0.29) is 12.1 Å². The molecule has 0 radical (unpaired) electrons. The Morgan fingerprint density at radius 2 is 1.55 bits per heavy atom. The first kappa shape index (κ1) is 27.1. The number of hydrogen-bond donors (Lipinski definition) is 1. The van der Waals surface area contributed by atoms with Gasteiger partial charge < -0.3 is 19.1 Å². The third-order valence-electron chi connectivity index (χ3n) is 8.37. The molecule has 0 amide bonds. The highest BCUT2D eigenvalue weighted by Gasteiger charge is 2.53. The second kappa shape index (κ2) is 11.3. The number of rotatable bonds is 10. The van der Waals surface area contributed by atoms with Crippen molar-refractivity contribution in [1.29, 1.82) is 0 Å². The molecule has 38 heavy (non-hydrogen) atoms. The van der Waals surface area contributed by atoms with Crippen LogP contribution in [0.3, 0.4) is 0 Å². The molecule has 2 saturated heterocycles. The first-order chi connectivity index (χ1) is 18.3. The molecule has 2 aliphatic heterocycles. The number of carbonyl (C=O) groups excluding carboxylic acids is 2. The van der Waals surface area contributed by atoms with Crippen LogP contribution in [0.25, 0.3) is 0 Å². The molecule has 4 heterocycles. The summed E-state index contributed by atoms with van der Waals surface area (Å²) in [6.07, 6.45) is 4.75. The summed E-state index contributed by atoms with van der Waals surface area (Å²) in [5.74, 6) is -0.722. The van der Waals surface area contributed by atoms with Gasteiger partial charge in [-0.05, 0) is 41.8 Å². The molecule has 4 atom stereocenters. The van der Waals surface area contributed by atoms with Crippen molar-refractivity contribution in [3.63, 3.8) is 0 Å². The van der Waals surface area contributed by atoms with Crippen molar-refractivity contribution in [3.05, 3.63) is 80.2 Å². The van der Waals surface area contributed by atoms with E-state index >= 15 is 0 Å². The molecule has 0 saturated carbocycles. The predicted molar refractivity (Wildman–Crippen MR) is 149 cm³/mol. The molecular formula is C30H36NO5S2+. The molecular weight excluding hydrogens is 518 g/mol. The Kier molecular flexibility index (Phi) is 8.05. The van der Waals surface area contributed by atoms with E-state index in [1.54, 1.807) is 12.1 Å². The van der Waals surface area contributed by atoms with E-state index < -0.39 is 11.6 Å². The second-order valence-electron chi connectivity index (χ2n) is 10.7. The monoisotopic (exact) mass is 554 g/mol. The minimum absolute atomic E-state index is 0.154. The Bertz CT molecular complexity index is 1170. The largest absolute Gasteiger partial charge is 0.466 e. The number of nitrogens with zero attached hydrogens (tertiary/aromatic N) is 1. The molecule has 2 aromatic heterocycles. The number of carbonyl (C=O) groups is 2. The number of aryl methyl sites for hydroxylation is 1. The smallest absolute Gasteiger partial charge is 0.349 e. The zero-order valence-corrected chi connectivity index (χ0v) is 23.6. The second-order valence-corrected chi connectivity index (χ2v) is 12.6. The first-order valence-electron chi connectivity index (χ1n) is 13.4. The lowest BCUT2D eigenvalue weighted by Crippen LogP contribution is -2.58. The maximum absolute atomic E-state index is 13.5. The van der Waals surface area contributed by atoms with Gasteiger partial charge >= 0.3 is 11.9 Å². The van der Waals surface area contributed by atoms with Crippen LogP contribution in [-0.2, 0) is 37.6 Å². The first-order valence-corrected chi connectivity index (χ1v) is 15.2. The third kappa shape index (κ3) is 5.32. The number of thiophene rings is 2. The standard InChI is InChI=1S/C30H36NO5S2/c1-3-35-28(32)15-12-21-8-10-22(11-9-21)20-31(2)23-13-14-24(31)19-25(18-23)36-29(33)30(34,26-6-4-16-37-26)27-7-5-17-38-27/h4-11,16-17,23-25,34H,3,12-15,18-20H2,1-2H3/q+1/t23-,24+,25?,31?. The molecule has 3 aromatic rings. The fourth-order valence-corrected chi connectivity index (χ4v) is 7.97. The van der Waals surface area contributed by atoms with Crippen LogP contribution in [0.4, 0.5) is 0 Å². The maximum atomic E-state index is 13.5. The van der Waals surface area contributed by atoms with Crippen LogP contribution in [0.1, 0.15) is 59.9 Å². The van der Waals surface area contributed by atoms with E-state index in [1.165, 1.54) is 28.2 Å². The van der Waals surface area contributed by atoms with Gasteiger partial charge in [0, 0.05) is 37.7 Å². The summed E-state index contributed by atoms with van der Waals surface area (Å²) in [6, 6.07) is 16.7. The minimum Gasteiger partial charge on any atom is -0.466 e. The van der Waals surface area contributed by atoms with E-state index in [0.717, 1.165) is 42.3 Å². The lowest BCUT2D eigenvalue weighted by molar-refractivity contribution is -0.961. The van der Waals surface area contributed by atoms with Gasteiger partial charge in [-0.25, -0.2) is 4.79 Å². The average molecular weight is 555 g/mol. The summed E-state index contributed by atoms with van der Waals surface area (Å²) in [5, 5.41) is 15.4. The highest BCUT2D eigenvalue weighted by atomic mass is 32.1. The number of aliphatic hydroxyl groups is 1. The zero-order valence-electron chi connectivity index (χ0n) is 22.0. The molecule has 202 valence electrons. The fourth-order valence-electron chi connectivity index (χ4n) is 6.26. The van der Waals surface area contributed by atoms with Crippen LogP contribution >= 0.6 is 22.7 Å². The van der Waals surface area contributed by atoms with Gasteiger partial charge in [0.25, 0.3) is 0 Å². The Labute approximate surface area is 232 Å². The molecule has 1 aromatic carbocycles. The highest BCUT2D eigenvalue weighted by Crippen LogP contribution is 2.45. The van der Waals surface area contributed by atoms with Crippen LogP contribution < -0.4 is 0 Å². The van der Waals surface area contributed by atoms with Crippen molar-refractivity contribution in [1.82, 2.24) is 0 Å². The van der Waals surface area contributed by atoms with Crippen LogP contribution in [-0.4, -0.2) is 53.4 Å². The summed E-state index contributed by atoms with van der Waals surface area (Å²) in [7, 11) is 2.34. The van der Waals surface area contributed by atoms with Crippen molar-refractivity contribution < 1.29 is 28.7 Å². The predicted octanol–water partition coefficient (Wildman–Crippen LogP) is 5.42. The van der Waals surface area contributed by atoms with E-state index in [1.807, 2.05) is 29.8 Å². The molecule has 8 heteroatoms. The Morgan fingerprint density at radius 1 is 0.974 bits per heavy atom. The normalized spacial score (nSPS) is 24.8. The fraction of sp³-hybridized carbons (Fsp3) is 0.467. The highest BCUT2D eigenvalue weighted by molar-refractivity contribution is 7.12. The van der Waals surface area contributed by atoms with Gasteiger partial charge in [-0.15, -0.1) is 22.7 Å². The summed E-state index contributed by atoms with van der Waals surface area (Å²) in [4.78, 5) is 26.3. The summed E-state index contributed by atoms with van der Waals surface area (Å²) in [6.45, 7) is 3.18. The zero-order chi connectivity index (χ0) is 26.8. The SMILES string of the molecule is CCOC(=O)CCc1ccc(C[N+]2(C)[C@@H]3CC[C@H]2CC(OC(=O)C(O)(c2cccs2)c2cccs2)C3)cc1. The molecule has 2 aliphatic rings. The summed E-state index contributed by atoms with van der Waals surface area (Å²) >= 11 is 2.74. The van der Waals surface area contributed by atoms with Gasteiger partial charge in [-0.1, -0.05) is 36.4 Å². The van der Waals surface area contributed by atoms with E-state index in [4.69, 9.17) is 9.47 Å². The molecule has 2 fully saturated rings. The van der Waals surface area contributed by atoms with Crippen molar-refractivity contribution in [3.8, 4) is 0 Å². The lowest BCUT2D eigenvalue weighted by atomic mass is 9.94. The third-order valence-corrected chi connectivity index (χ3v) is 10.3. The molecule has 1 N–H and O–H groups in total. The Morgan fingerprint density at radius 3 is 2.08 bits per heavy atom. The van der Waals surface area contributed by atoms with Crippen molar-refractivity contribution in [2.45, 2.75) is 75.8 Å². The van der Waals surface area contributed by atoms with Crippen LogP contribution in [0.2, 0.25) is 0 Å². The van der Waals surface area contributed by atoms with Crippen LogP contribution in [0, 0.1) is 0 Å². The van der Waals surface area contributed by atoms with Gasteiger partial charge in [-0.3, -0.25) is 4.79 Å². The maximum Gasteiger partial charge on any atom is 0.349 e. The molecule has 0 aliphatic carbocycles. The average Bonchev–Trinajstić information content (AvgIpc) is 3.66. The molecule has 2 bridgehead atoms. The van der Waals surface area contributed by atoms with E-state index in [0.29, 0.717) is 41.3 Å². The number of piperidine rings is 1. The minimum atomic E-state index is -1.76. The van der Waals surface area contributed by atoms with Crippen LogP contribution in [0.5, 0.6) is 0 Å². The lowest BCUT2D eigenvalue weighted by Gasteiger charge is -2.47. The molecule has 0 spiro atoms. The number of hydrogen-bond acceptors (Lipinski definition) is 7. The van der Waals surface area contributed by atoms with E-state index in [2.05, 4.69) is 31.3 Å². The summed E-state index contributed by atoms with van der Waals surface area (Å²) < 4.78 is 12.1. The molecule has 2 unspecified atom stereocenters. The van der Waals surface area contributed by atoms with Gasteiger partial charge in [-0.2, -0.15) is 0 Å². The Balaban J connectivity index is 1.23. The molecule has 6 nitrogen and oxygen atoms in total. The summed E-state index contributed by atoms with van der Waals surface area (Å²) in [5.41, 5.74) is 0.665. The van der Waals surface area contributed by atoms with Crippen molar-refractivity contribution >= 4 is 34.6 Å². The number of esters is 2. The molecule has 5 rings (SSSR count). The number of quaternary nitrogens is 1. The quantitative estimate of drug-likeness (QED) is 0.268. The number of benzene rings is 1. The van der Waals surface area contributed by atoms with Gasteiger partial charge in [0.05, 0.1) is 35.5 Å². The van der Waals surface area contributed by atoms with Crippen LogP contribution in [0.15, 0.2) is 59.3 Å². The number of fused-ring (bicyclic) bond motifs is 2. The van der Waals surface area contributed by atoms with Gasteiger partial charge in [0.15, 0.2) is 0 Å². The van der Waals surface area contributed by atoms with Crippen molar-refractivity contribution in [2.75, 3.05) is 13.7 Å². The van der Waals surface area contributed by atoms with Crippen molar-refractivity contribution in [2.24, 2.45) is 0 Å². The van der Waals surface area contributed by atoms with Gasteiger partial charge in [0.2, 0.25) is 5.60 Å². The number of ether oxygens (including phenoxy) is 2. The van der Waals surface area contributed by atoms with E-state index in [9.17, 15) is 14.7 Å². The van der Waals surface area contributed by atoms with Gasteiger partial charge in [0.1, 0.15) is 12.6 Å². The Hall–Kier alpha value is -2.52.